The summed E-state index contributed by atoms with van der Waals surface area (Å²) in [7, 11) is 0. The molecular weight excluding hydrogens is 608 g/mol. The number of ether oxygens (including phenoxy) is 2. The maximum absolute atomic E-state index is 11.3. The van der Waals surface area contributed by atoms with Crippen molar-refractivity contribution in [2.75, 3.05) is 19.8 Å². The van der Waals surface area contributed by atoms with Crippen LogP contribution in [0.5, 0.6) is 6.01 Å². The summed E-state index contributed by atoms with van der Waals surface area (Å²) in [6.45, 7) is -0.0755. The second kappa shape index (κ2) is 14.6. The third kappa shape index (κ3) is 7.95. The molecule has 8 N–H and O–H groups in total. The number of carbonyl (C=O) groups is 1. The Bertz CT molecular complexity index is 1580. The number of carboxylic acids is 1. The molecule has 0 radical (unpaired) electrons. The van der Waals surface area contributed by atoms with Crippen LogP contribution in [-0.4, -0.2) is 108 Å². The maximum Gasteiger partial charge on any atom is 0.332 e. The lowest BCUT2D eigenvalue weighted by molar-refractivity contribution is -0.156. The zero-order chi connectivity index (χ0) is 32.1. The molecule has 1 fully saturated rings. The summed E-state index contributed by atoms with van der Waals surface area (Å²) in [6, 6.07) is 17.5. The Labute approximate surface area is 263 Å². The Hall–Kier alpha value is -3.66. The van der Waals surface area contributed by atoms with Crippen molar-refractivity contribution in [3.8, 4) is 28.4 Å². The van der Waals surface area contributed by atoms with Crippen LogP contribution in [-0.2, 0) is 16.1 Å². The van der Waals surface area contributed by atoms with Crippen LogP contribution in [0.15, 0.2) is 54.6 Å². The summed E-state index contributed by atoms with van der Waals surface area (Å²) < 4.78 is 11.2. The van der Waals surface area contributed by atoms with E-state index in [1.165, 1.54) is 0 Å². The van der Waals surface area contributed by atoms with E-state index in [-0.39, 0.29) is 31.7 Å². The van der Waals surface area contributed by atoms with Crippen LogP contribution < -0.4 is 10.1 Å². The van der Waals surface area contributed by atoms with Crippen molar-refractivity contribution in [3.63, 3.8) is 0 Å². The average molecular weight is 643 g/mol. The maximum atomic E-state index is 11.3. The number of halogens is 1. The largest absolute Gasteiger partial charge is 0.479 e. The van der Waals surface area contributed by atoms with Crippen LogP contribution in [0.25, 0.3) is 33.5 Å². The van der Waals surface area contributed by atoms with E-state index < -0.39 is 43.1 Å². The molecule has 13 nitrogen and oxygen atoms in total. The monoisotopic (exact) mass is 642 g/mol. The van der Waals surface area contributed by atoms with E-state index in [1.54, 1.807) is 6.07 Å². The second-order valence-electron chi connectivity index (χ2n) is 10.9. The molecule has 2 aromatic carbocycles. The minimum absolute atomic E-state index is 0.0300. The van der Waals surface area contributed by atoms with Crippen LogP contribution in [0, 0.1) is 0 Å². The number of carboxylic acid groups (broad SMARTS) is 1. The molecule has 0 aliphatic carbocycles. The number of hydrogen-bond donors (Lipinski definition) is 8. The summed E-state index contributed by atoms with van der Waals surface area (Å²) >= 11 is 6.58. The van der Waals surface area contributed by atoms with Gasteiger partial charge in [-0.05, 0) is 22.8 Å². The summed E-state index contributed by atoms with van der Waals surface area (Å²) in [5.74, 6) is -1.02. The number of pyridine rings is 1. The first-order valence-corrected chi connectivity index (χ1v) is 14.8. The van der Waals surface area contributed by atoms with Crippen molar-refractivity contribution < 1.29 is 44.9 Å². The van der Waals surface area contributed by atoms with E-state index in [1.807, 2.05) is 48.5 Å². The quantitative estimate of drug-likeness (QED) is 0.104. The molecule has 1 saturated heterocycles. The SMILES string of the molecule is O=C(O)[C@H]1C[C@@H](Oc2nc3nc(-c4ccc(-c5ccc(CNCC(O)C(O)C(O)C(O)CO)cc5)cc4)c(Cl)cc3[nH]2)CCO1. The predicted octanol–water partition coefficient (Wildman–Crippen LogP) is 1.48. The van der Waals surface area contributed by atoms with Crippen LogP contribution in [0.4, 0.5) is 0 Å². The summed E-state index contributed by atoms with van der Waals surface area (Å²) in [5, 5.41) is 60.7. The number of nitrogens with one attached hydrogen (secondary N) is 2. The van der Waals surface area contributed by atoms with Crippen molar-refractivity contribution in [1.82, 2.24) is 20.3 Å². The summed E-state index contributed by atoms with van der Waals surface area (Å²) in [4.78, 5) is 23.4. The standard InChI is InChI=1S/C31H35ClN4O9/c32-21-12-22-29(36-31(34-22)45-20-9-10-44-25(11-20)30(42)43)35-26(21)19-7-5-18(6-8-19)17-3-1-16(2-4-17)13-33-14-23(38)27(40)28(41)24(39)15-37/h1-8,12,20,23-25,27-28,33,37-41H,9-11,13-15H2,(H,42,43)(H,34,35,36)/t20-,23?,24?,25+,27?,28?/m0/s1. The van der Waals surface area contributed by atoms with Crippen LogP contribution in [0.2, 0.25) is 5.02 Å². The number of benzene rings is 2. The van der Waals surface area contributed by atoms with Crippen LogP contribution in [0.3, 0.4) is 0 Å². The van der Waals surface area contributed by atoms with E-state index in [0.717, 1.165) is 22.3 Å². The van der Waals surface area contributed by atoms with Gasteiger partial charge in [0.05, 0.1) is 35.6 Å². The number of fused-ring (bicyclic) bond motifs is 1. The molecule has 1 aliphatic heterocycles. The molecule has 4 aromatic rings. The Morgan fingerprint density at radius 1 is 1.00 bits per heavy atom. The highest BCUT2D eigenvalue weighted by atomic mass is 35.5. The molecule has 6 atom stereocenters. The highest BCUT2D eigenvalue weighted by molar-refractivity contribution is 6.33. The first-order valence-electron chi connectivity index (χ1n) is 14.4. The number of aliphatic hydroxyl groups is 5. The molecular formula is C31H35ClN4O9. The van der Waals surface area contributed by atoms with E-state index in [9.17, 15) is 30.3 Å². The number of imidazole rings is 1. The van der Waals surface area contributed by atoms with E-state index in [0.29, 0.717) is 34.8 Å². The number of rotatable bonds is 13. The Morgan fingerprint density at radius 3 is 2.31 bits per heavy atom. The molecule has 0 spiro atoms. The smallest absolute Gasteiger partial charge is 0.332 e. The lowest BCUT2D eigenvalue weighted by atomic mass is 10.0. The molecule has 5 rings (SSSR count). The topological polar surface area (TPSA) is 211 Å². The molecule has 1 aliphatic rings. The van der Waals surface area contributed by atoms with Gasteiger partial charge >= 0.3 is 5.97 Å². The van der Waals surface area contributed by atoms with Gasteiger partial charge in [0.25, 0.3) is 6.01 Å². The molecule has 14 heteroatoms. The van der Waals surface area contributed by atoms with Crippen LogP contribution in [0.1, 0.15) is 18.4 Å². The third-order valence-electron chi connectivity index (χ3n) is 7.65. The van der Waals surface area contributed by atoms with Gasteiger partial charge in [0, 0.05) is 31.5 Å². The van der Waals surface area contributed by atoms with Gasteiger partial charge in [0.2, 0.25) is 0 Å². The van der Waals surface area contributed by atoms with Gasteiger partial charge in [0.15, 0.2) is 11.8 Å². The zero-order valence-corrected chi connectivity index (χ0v) is 24.8. The molecule has 2 aromatic heterocycles. The third-order valence-corrected chi connectivity index (χ3v) is 7.94. The predicted molar refractivity (Wildman–Crippen MR) is 164 cm³/mol. The summed E-state index contributed by atoms with van der Waals surface area (Å²) in [5.41, 5.74) is 5.23. The number of aromatic nitrogens is 3. The highest BCUT2D eigenvalue weighted by Crippen LogP contribution is 2.32. The number of H-pyrrole nitrogens is 1. The molecule has 0 bridgehead atoms. The second-order valence-corrected chi connectivity index (χ2v) is 11.3. The van der Waals surface area contributed by atoms with Gasteiger partial charge in [-0.25, -0.2) is 9.78 Å². The van der Waals surface area contributed by atoms with E-state index in [2.05, 4.69) is 20.3 Å². The highest BCUT2D eigenvalue weighted by Gasteiger charge is 2.30. The molecule has 0 saturated carbocycles. The van der Waals surface area contributed by atoms with Gasteiger partial charge in [-0.1, -0.05) is 60.1 Å². The fourth-order valence-electron chi connectivity index (χ4n) is 5.04. The Balaban J connectivity index is 1.19. The van der Waals surface area contributed by atoms with Gasteiger partial charge in [-0.15, -0.1) is 0 Å². The van der Waals surface area contributed by atoms with Crippen molar-refractivity contribution >= 4 is 28.7 Å². The summed E-state index contributed by atoms with van der Waals surface area (Å²) in [6.07, 6.45) is -6.65. The zero-order valence-electron chi connectivity index (χ0n) is 24.1. The van der Waals surface area contributed by atoms with Crippen molar-refractivity contribution in [2.24, 2.45) is 0 Å². The molecule has 240 valence electrons. The first-order chi connectivity index (χ1) is 21.6. The molecule has 3 heterocycles. The molecule has 0 amide bonds. The van der Waals surface area contributed by atoms with Gasteiger partial charge in [0.1, 0.15) is 24.4 Å². The lowest BCUT2D eigenvalue weighted by Gasteiger charge is -2.26. The number of aromatic amines is 1. The van der Waals surface area contributed by atoms with E-state index >= 15 is 0 Å². The van der Waals surface area contributed by atoms with Crippen molar-refractivity contribution in [1.29, 1.82) is 0 Å². The van der Waals surface area contributed by atoms with Crippen molar-refractivity contribution in [2.45, 2.75) is 56.0 Å². The fraction of sp³-hybridized carbons (Fsp3) is 0.387. The fourth-order valence-corrected chi connectivity index (χ4v) is 5.30. The minimum atomic E-state index is -1.66. The average Bonchev–Trinajstić information content (AvgIpc) is 3.44. The minimum Gasteiger partial charge on any atom is -0.479 e. The van der Waals surface area contributed by atoms with Gasteiger partial charge in [-0.2, -0.15) is 4.98 Å². The van der Waals surface area contributed by atoms with Crippen LogP contribution >= 0.6 is 11.6 Å². The van der Waals surface area contributed by atoms with Gasteiger partial charge in [-0.3, -0.25) is 0 Å². The van der Waals surface area contributed by atoms with Gasteiger partial charge < -0.3 is 50.4 Å². The first kappa shape index (κ1) is 32.7. The van der Waals surface area contributed by atoms with Crippen molar-refractivity contribution in [3.05, 3.63) is 65.2 Å². The Kier molecular flexibility index (Phi) is 10.6. The normalized spacial score (nSPS) is 19.6. The van der Waals surface area contributed by atoms with E-state index in [4.69, 9.17) is 26.2 Å². The molecule has 4 unspecified atom stereocenters. The molecule has 45 heavy (non-hydrogen) atoms. The number of hydrogen-bond acceptors (Lipinski definition) is 11. The lowest BCUT2D eigenvalue weighted by Crippen LogP contribution is -2.48. The number of aliphatic carboxylic acids is 1. The number of aliphatic hydroxyl groups excluding tert-OH is 5. The Morgan fingerprint density at radius 2 is 1.64 bits per heavy atom. The number of nitrogens with zero attached hydrogens (tertiary/aromatic N) is 2.